The molecular weight excluding hydrogens is 178 g/mol. The van der Waals surface area contributed by atoms with E-state index in [0.717, 1.165) is 25.3 Å². The first kappa shape index (κ1) is 11.5. The maximum Gasteiger partial charge on any atom is 0.245 e. The van der Waals surface area contributed by atoms with E-state index in [9.17, 15) is 4.79 Å². The highest BCUT2D eigenvalue weighted by Crippen LogP contribution is 2.28. The Balaban J connectivity index is 1.86. The summed E-state index contributed by atoms with van der Waals surface area (Å²) in [6, 6.07) is 0. The lowest BCUT2D eigenvalue weighted by molar-refractivity contribution is -0.125. The molecular formula is C11H21NO2. The molecule has 0 radical (unpaired) electrons. The van der Waals surface area contributed by atoms with Crippen molar-refractivity contribution in [2.24, 2.45) is 5.92 Å². The van der Waals surface area contributed by atoms with Crippen molar-refractivity contribution in [1.82, 2.24) is 5.32 Å². The van der Waals surface area contributed by atoms with Crippen LogP contribution in [0.5, 0.6) is 0 Å². The minimum Gasteiger partial charge on any atom is -0.372 e. The lowest BCUT2D eigenvalue weighted by atomic mass is 9.83. The molecule has 3 nitrogen and oxygen atoms in total. The highest BCUT2D eigenvalue weighted by Gasteiger charge is 2.16. The van der Waals surface area contributed by atoms with Crippen LogP contribution in [0.1, 0.15) is 39.0 Å². The second-order valence-electron chi connectivity index (χ2n) is 3.99. The van der Waals surface area contributed by atoms with Gasteiger partial charge in [-0.1, -0.05) is 26.2 Å². The molecule has 0 aliphatic heterocycles. The van der Waals surface area contributed by atoms with Crippen LogP contribution in [0.2, 0.25) is 0 Å². The van der Waals surface area contributed by atoms with Crippen molar-refractivity contribution in [2.45, 2.75) is 39.0 Å². The Hall–Kier alpha value is -0.570. The topological polar surface area (TPSA) is 38.3 Å². The highest BCUT2D eigenvalue weighted by molar-refractivity contribution is 5.77. The zero-order valence-electron chi connectivity index (χ0n) is 9.05. The maximum absolute atomic E-state index is 11.2. The normalized spacial score (nSPS) is 16.4. The van der Waals surface area contributed by atoms with Crippen molar-refractivity contribution in [3.05, 3.63) is 0 Å². The molecule has 0 spiro atoms. The highest BCUT2D eigenvalue weighted by atomic mass is 16.5. The van der Waals surface area contributed by atoms with Crippen LogP contribution in [-0.2, 0) is 9.53 Å². The molecule has 1 rings (SSSR count). The lowest BCUT2D eigenvalue weighted by Gasteiger charge is -2.25. The molecule has 1 fully saturated rings. The Morgan fingerprint density at radius 1 is 1.50 bits per heavy atom. The largest absolute Gasteiger partial charge is 0.372 e. The molecule has 0 aromatic rings. The van der Waals surface area contributed by atoms with Gasteiger partial charge in [0.15, 0.2) is 0 Å². The molecule has 0 bridgehead atoms. The molecule has 14 heavy (non-hydrogen) atoms. The van der Waals surface area contributed by atoms with Gasteiger partial charge in [-0.15, -0.1) is 0 Å². The molecule has 0 saturated heterocycles. The van der Waals surface area contributed by atoms with Crippen molar-refractivity contribution in [3.8, 4) is 0 Å². The van der Waals surface area contributed by atoms with Crippen molar-refractivity contribution in [2.75, 3.05) is 19.8 Å². The number of nitrogens with one attached hydrogen (secondary N) is 1. The molecule has 0 aromatic heterocycles. The summed E-state index contributed by atoms with van der Waals surface area (Å²) in [4.78, 5) is 11.2. The van der Waals surface area contributed by atoms with Gasteiger partial charge in [0.25, 0.3) is 0 Å². The molecule has 1 N–H and O–H groups in total. The molecule has 1 aliphatic carbocycles. The average molecular weight is 199 g/mol. The molecule has 1 aliphatic rings. The number of rotatable bonds is 7. The van der Waals surface area contributed by atoms with Crippen LogP contribution in [0.25, 0.3) is 0 Å². The van der Waals surface area contributed by atoms with E-state index in [2.05, 4.69) is 5.32 Å². The van der Waals surface area contributed by atoms with E-state index in [4.69, 9.17) is 4.74 Å². The monoisotopic (exact) mass is 199 g/mol. The second kappa shape index (κ2) is 6.82. The van der Waals surface area contributed by atoms with Gasteiger partial charge in [0.1, 0.15) is 6.61 Å². The number of carbonyl (C=O) groups excluding carboxylic acids is 1. The number of amides is 1. The average Bonchev–Trinajstić information content (AvgIpc) is 2.10. The van der Waals surface area contributed by atoms with Crippen LogP contribution < -0.4 is 5.32 Å². The van der Waals surface area contributed by atoms with Crippen LogP contribution in [0.15, 0.2) is 0 Å². The molecule has 0 atom stereocenters. The van der Waals surface area contributed by atoms with E-state index in [1.165, 1.54) is 19.3 Å². The van der Waals surface area contributed by atoms with Crippen LogP contribution in [0.4, 0.5) is 0 Å². The first-order chi connectivity index (χ1) is 6.83. The molecule has 82 valence electrons. The van der Waals surface area contributed by atoms with Crippen LogP contribution >= 0.6 is 0 Å². The Bertz CT molecular complexity index is 167. The number of hydrogen-bond acceptors (Lipinski definition) is 2. The fraction of sp³-hybridized carbons (Fsp3) is 0.909. The van der Waals surface area contributed by atoms with E-state index in [1.807, 2.05) is 6.92 Å². The van der Waals surface area contributed by atoms with E-state index < -0.39 is 0 Å². The van der Waals surface area contributed by atoms with Crippen molar-refractivity contribution in [1.29, 1.82) is 0 Å². The summed E-state index contributed by atoms with van der Waals surface area (Å²) in [6.45, 7) is 3.75. The Morgan fingerprint density at radius 2 is 2.29 bits per heavy atom. The third-order valence-corrected chi connectivity index (χ3v) is 2.68. The summed E-state index contributed by atoms with van der Waals surface area (Å²) in [5, 5.41) is 2.88. The van der Waals surface area contributed by atoms with Crippen LogP contribution in [0, 0.1) is 5.92 Å². The fourth-order valence-corrected chi connectivity index (χ4v) is 1.56. The summed E-state index contributed by atoms with van der Waals surface area (Å²) in [5.74, 6) is 0.893. The predicted octanol–water partition coefficient (Wildman–Crippen LogP) is 1.72. The zero-order valence-corrected chi connectivity index (χ0v) is 9.05. The molecule has 0 heterocycles. The molecule has 0 aromatic carbocycles. The number of ether oxygens (including phenoxy) is 1. The Morgan fingerprint density at radius 3 is 2.86 bits per heavy atom. The van der Waals surface area contributed by atoms with Crippen molar-refractivity contribution >= 4 is 5.91 Å². The minimum atomic E-state index is 0.0257. The SMILES string of the molecule is CCCOCC(=O)NCCC1CCC1. The quantitative estimate of drug-likeness (QED) is 0.634. The maximum atomic E-state index is 11.2. The lowest BCUT2D eigenvalue weighted by Crippen LogP contribution is -2.30. The van der Waals surface area contributed by atoms with Gasteiger partial charge >= 0.3 is 0 Å². The number of hydrogen-bond donors (Lipinski definition) is 1. The summed E-state index contributed by atoms with van der Waals surface area (Å²) in [6.07, 6.45) is 6.18. The van der Waals surface area contributed by atoms with Crippen molar-refractivity contribution in [3.63, 3.8) is 0 Å². The van der Waals surface area contributed by atoms with Crippen molar-refractivity contribution < 1.29 is 9.53 Å². The first-order valence-electron chi connectivity index (χ1n) is 5.67. The van der Waals surface area contributed by atoms with Gasteiger partial charge in [-0.25, -0.2) is 0 Å². The summed E-state index contributed by atoms with van der Waals surface area (Å²) in [7, 11) is 0. The third-order valence-electron chi connectivity index (χ3n) is 2.68. The molecule has 1 saturated carbocycles. The summed E-state index contributed by atoms with van der Waals surface area (Å²) < 4.78 is 5.13. The van der Waals surface area contributed by atoms with Gasteiger partial charge in [0.05, 0.1) is 0 Å². The third kappa shape index (κ3) is 4.61. The molecule has 0 unspecified atom stereocenters. The van der Waals surface area contributed by atoms with Gasteiger partial charge < -0.3 is 10.1 Å². The fourth-order valence-electron chi connectivity index (χ4n) is 1.56. The predicted molar refractivity (Wildman–Crippen MR) is 56.1 cm³/mol. The van der Waals surface area contributed by atoms with Gasteiger partial charge in [0.2, 0.25) is 5.91 Å². The van der Waals surface area contributed by atoms with Crippen LogP contribution in [0.3, 0.4) is 0 Å². The zero-order chi connectivity index (χ0) is 10.2. The smallest absolute Gasteiger partial charge is 0.245 e. The molecule has 1 amide bonds. The Kier molecular flexibility index (Phi) is 5.60. The van der Waals surface area contributed by atoms with Gasteiger partial charge in [-0.2, -0.15) is 0 Å². The molecule has 3 heteroatoms. The second-order valence-corrected chi connectivity index (χ2v) is 3.99. The Labute approximate surface area is 86.2 Å². The van der Waals surface area contributed by atoms with E-state index >= 15 is 0 Å². The number of carbonyl (C=O) groups is 1. The van der Waals surface area contributed by atoms with E-state index in [0.29, 0.717) is 6.61 Å². The van der Waals surface area contributed by atoms with E-state index in [-0.39, 0.29) is 12.5 Å². The summed E-state index contributed by atoms with van der Waals surface area (Å²) >= 11 is 0. The van der Waals surface area contributed by atoms with Gasteiger partial charge in [-0.3, -0.25) is 4.79 Å². The van der Waals surface area contributed by atoms with E-state index in [1.54, 1.807) is 0 Å². The van der Waals surface area contributed by atoms with Gasteiger partial charge in [0, 0.05) is 13.2 Å². The summed E-state index contributed by atoms with van der Waals surface area (Å²) in [5.41, 5.74) is 0. The first-order valence-corrected chi connectivity index (χ1v) is 5.67. The minimum absolute atomic E-state index is 0.0257. The van der Waals surface area contributed by atoms with Gasteiger partial charge in [-0.05, 0) is 18.8 Å². The van der Waals surface area contributed by atoms with Crippen LogP contribution in [-0.4, -0.2) is 25.7 Å². The standard InChI is InChI=1S/C11H21NO2/c1-2-8-14-9-11(13)12-7-6-10-4-3-5-10/h10H,2-9H2,1H3,(H,12,13).